The van der Waals surface area contributed by atoms with Crippen molar-refractivity contribution >= 4 is 11.6 Å². The van der Waals surface area contributed by atoms with E-state index in [0.717, 1.165) is 33.7 Å². The molecule has 6 heteroatoms. The normalized spacial score (nSPS) is 16.2. The molecule has 0 saturated carbocycles. The first-order valence-electron chi connectivity index (χ1n) is 10.2. The van der Waals surface area contributed by atoms with Crippen LogP contribution >= 0.6 is 0 Å². The van der Waals surface area contributed by atoms with Crippen molar-refractivity contribution in [2.45, 2.75) is 31.9 Å². The minimum atomic E-state index is -0.644. The van der Waals surface area contributed by atoms with Crippen LogP contribution in [0.4, 0.5) is 0 Å². The summed E-state index contributed by atoms with van der Waals surface area (Å²) < 4.78 is 5.28. The zero-order chi connectivity index (χ0) is 21.6. The van der Waals surface area contributed by atoms with Crippen molar-refractivity contribution in [3.8, 4) is 5.75 Å². The molecule has 31 heavy (non-hydrogen) atoms. The molecule has 0 bridgehead atoms. The molecular formula is C25H25N3O3. The van der Waals surface area contributed by atoms with E-state index in [1.807, 2.05) is 67.6 Å². The van der Waals surface area contributed by atoms with Gasteiger partial charge in [0.2, 0.25) is 6.10 Å². The topological polar surface area (TPSA) is 72.8 Å². The van der Waals surface area contributed by atoms with Gasteiger partial charge in [0.25, 0.3) is 5.91 Å². The third-order valence-electron chi connectivity index (χ3n) is 5.39. The quantitative estimate of drug-likeness (QED) is 0.633. The van der Waals surface area contributed by atoms with E-state index >= 15 is 0 Å². The second-order valence-corrected chi connectivity index (χ2v) is 7.56. The summed E-state index contributed by atoms with van der Waals surface area (Å²) in [5.41, 5.74) is 5.01. The van der Waals surface area contributed by atoms with Crippen LogP contribution < -0.4 is 10.1 Å². The number of nitrogens with one attached hydrogen (secondary N) is 1. The summed E-state index contributed by atoms with van der Waals surface area (Å²) in [7, 11) is 1.64. The number of nitrogens with zero attached hydrogens (tertiary/aromatic N) is 2. The van der Waals surface area contributed by atoms with Crippen LogP contribution in [-0.2, 0) is 16.1 Å². The molecule has 0 unspecified atom stereocenters. The SMILES string of the molecule is COc1cccc(CC2=NO[C@H](C(=O)N[C@@H](c3ccncc3)c3ccccc3C)C2)c1. The predicted octanol–water partition coefficient (Wildman–Crippen LogP) is 3.99. The molecule has 0 aliphatic carbocycles. The molecular weight excluding hydrogens is 390 g/mol. The van der Waals surface area contributed by atoms with Crippen LogP contribution in [0.2, 0.25) is 0 Å². The van der Waals surface area contributed by atoms with E-state index in [4.69, 9.17) is 9.57 Å². The largest absolute Gasteiger partial charge is 0.497 e. The fourth-order valence-corrected chi connectivity index (χ4v) is 3.73. The van der Waals surface area contributed by atoms with Crippen LogP contribution in [0, 0.1) is 6.92 Å². The highest BCUT2D eigenvalue weighted by Crippen LogP contribution is 2.26. The molecule has 1 aromatic heterocycles. The van der Waals surface area contributed by atoms with E-state index in [1.54, 1.807) is 19.5 Å². The second-order valence-electron chi connectivity index (χ2n) is 7.56. The Balaban J connectivity index is 1.45. The van der Waals surface area contributed by atoms with E-state index in [9.17, 15) is 4.79 Å². The van der Waals surface area contributed by atoms with E-state index in [-0.39, 0.29) is 11.9 Å². The van der Waals surface area contributed by atoms with E-state index < -0.39 is 6.10 Å². The number of oxime groups is 1. The van der Waals surface area contributed by atoms with Crippen LogP contribution in [0.5, 0.6) is 5.75 Å². The average molecular weight is 415 g/mol. The van der Waals surface area contributed by atoms with Crippen LogP contribution in [-0.4, -0.2) is 29.8 Å². The minimum Gasteiger partial charge on any atom is -0.497 e. The fraction of sp³-hybridized carbons (Fsp3) is 0.240. The van der Waals surface area contributed by atoms with Crippen molar-refractivity contribution < 1.29 is 14.4 Å². The van der Waals surface area contributed by atoms with Gasteiger partial charge in [-0.3, -0.25) is 9.78 Å². The number of ether oxygens (including phenoxy) is 1. The van der Waals surface area contributed by atoms with Gasteiger partial charge in [0.1, 0.15) is 5.75 Å². The number of hydrogen-bond acceptors (Lipinski definition) is 5. The molecule has 1 amide bonds. The van der Waals surface area contributed by atoms with Crippen molar-refractivity contribution in [1.82, 2.24) is 10.3 Å². The van der Waals surface area contributed by atoms with E-state index in [2.05, 4.69) is 15.5 Å². The lowest BCUT2D eigenvalue weighted by Gasteiger charge is -2.22. The molecule has 3 aromatic rings. The monoisotopic (exact) mass is 415 g/mol. The molecule has 1 aliphatic heterocycles. The Hall–Kier alpha value is -3.67. The number of carbonyl (C=O) groups excluding carboxylic acids is 1. The highest BCUT2D eigenvalue weighted by molar-refractivity contribution is 5.94. The van der Waals surface area contributed by atoms with Crippen molar-refractivity contribution in [3.05, 3.63) is 95.3 Å². The maximum absolute atomic E-state index is 13.1. The number of rotatable bonds is 7. The number of hydrogen-bond donors (Lipinski definition) is 1. The van der Waals surface area contributed by atoms with Gasteiger partial charge in [-0.2, -0.15) is 0 Å². The number of aromatic nitrogens is 1. The zero-order valence-corrected chi connectivity index (χ0v) is 17.6. The van der Waals surface area contributed by atoms with Gasteiger partial charge in [0, 0.05) is 25.2 Å². The lowest BCUT2D eigenvalue weighted by Crippen LogP contribution is -2.38. The van der Waals surface area contributed by atoms with Gasteiger partial charge < -0.3 is 14.9 Å². The molecule has 0 radical (unpaired) electrons. The van der Waals surface area contributed by atoms with E-state index in [0.29, 0.717) is 12.8 Å². The number of pyridine rings is 1. The highest BCUT2D eigenvalue weighted by Gasteiger charge is 2.30. The van der Waals surface area contributed by atoms with Crippen molar-refractivity contribution in [3.63, 3.8) is 0 Å². The number of benzene rings is 2. The summed E-state index contributed by atoms with van der Waals surface area (Å²) in [6, 6.07) is 19.4. The lowest BCUT2D eigenvalue weighted by atomic mass is 9.95. The third-order valence-corrected chi connectivity index (χ3v) is 5.39. The Morgan fingerprint density at radius 3 is 2.74 bits per heavy atom. The molecule has 2 aromatic carbocycles. The van der Waals surface area contributed by atoms with Gasteiger partial charge in [-0.25, -0.2) is 0 Å². The van der Waals surface area contributed by atoms with Crippen LogP contribution in [0.15, 0.2) is 78.2 Å². The smallest absolute Gasteiger partial charge is 0.265 e. The first-order chi connectivity index (χ1) is 15.1. The fourth-order valence-electron chi connectivity index (χ4n) is 3.73. The van der Waals surface area contributed by atoms with Gasteiger partial charge in [0.15, 0.2) is 0 Å². The number of amides is 1. The molecule has 1 aliphatic rings. The maximum Gasteiger partial charge on any atom is 0.265 e. The number of carbonyl (C=O) groups is 1. The average Bonchev–Trinajstić information content (AvgIpc) is 3.27. The molecule has 2 atom stereocenters. The minimum absolute atomic E-state index is 0.186. The molecule has 0 saturated heterocycles. The van der Waals surface area contributed by atoms with Gasteiger partial charge in [-0.05, 0) is 53.4 Å². The maximum atomic E-state index is 13.1. The number of methoxy groups -OCH3 is 1. The van der Waals surface area contributed by atoms with Gasteiger partial charge in [-0.1, -0.05) is 41.6 Å². The Labute approximate surface area is 181 Å². The van der Waals surface area contributed by atoms with Crippen LogP contribution in [0.25, 0.3) is 0 Å². The first kappa shape index (κ1) is 20.6. The zero-order valence-electron chi connectivity index (χ0n) is 17.6. The van der Waals surface area contributed by atoms with Crippen molar-refractivity contribution in [2.24, 2.45) is 5.16 Å². The van der Waals surface area contributed by atoms with Gasteiger partial charge in [-0.15, -0.1) is 0 Å². The summed E-state index contributed by atoms with van der Waals surface area (Å²) in [4.78, 5) is 22.7. The first-order valence-corrected chi connectivity index (χ1v) is 10.2. The van der Waals surface area contributed by atoms with Crippen molar-refractivity contribution in [1.29, 1.82) is 0 Å². The summed E-state index contributed by atoms with van der Waals surface area (Å²) in [5.74, 6) is 0.610. The molecule has 6 nitrogen and oxygen atoms in total. The Kier molecular flexibility index (Phi) is 6.26. The summed E-state index contributed by atoms with van der Waals surface area (Å²) in [6.45, 7) is 2.04. The molecule has 0 fully saturated rings. The predicted molar refractivity (Wildman–Crippen MR) is 119 cm³/mol. The van der Waals surface area contributed by atoms with Crippen LogP contribution in [0.1, 0.15) is 34.7 Å². The second kappa shape index (κ2) is 9.43. The summed E-state index contributed by atoms with van der Waals surface area (Å²) in [6.07, 6.45) is 3.89. The van der Waals surface area contributed by atoms with E-state index in [1.165, 1.54) is 0 Å². The Bertz CT molecular complexity index is 1080. The van der Waals surface area contributed by atoms with Gasteiger partial charge >= 0.3 is 0 Å². The molecule has 4 rings (SSSR count). The third kappa shape index (κ3) is 4.91. The highest BCUT2D eigenvalue weighted by atomic mass is 16.6. The standard InChI is InChI=1S/C25H25N3O3/c1-17-6-3-4-9-22(17)24(19-10-12-26-13-11-19)27-25(29)23-16-20(28-31-23)14-18-7-5-8-21(15-18)30-2/h3-13,15,23-24H,14,16H2,1-2H3,(H,27,29)/t23-,24-/m0/s1. The lowest BCUT2D eigenvalue weighted by molar-refractivity contribution is -0.131. The Morgan fingerprint density at radius 1 is 1.16 bits per heavy atom. The summed E-state index contributed by atoms with van der Waals surface area (Å²) in [5, 5.41) is 7.31. The number of aryl methyl sites for hydroxylation is 1. The van der Waals surface area contributed by atoms with Crippen LogP contribution in [0.3, 0.4) is 0 Å². The molecule has 0 spiro atoms. The molecule has 2 heterocycles. The molecule has 1 N–H and O–H groups in total. The molecule has 158 valence electrons. The summed E-state index contributed by atoms with van der Waals surface area (Å²) >= 11 is 0. The van der Waals surface area contributed by atoms with Gasteiger partial charge in [0.05, 0.1) is 18.9 Å². The Morgan fingerprint density at radius 2 is 1.97 bits per heavy atom. The van der Waals surface area contributed by atoms with Crippen molar-refractivity contribution in [2.75, 3.05) is 7.11 Å².